The standard InChI is InChI=1S/C13H14O3/c1-3-12(14)15-9-11-13(2,16-11)10-7-5-4-6-8-10/h3-8,11H,1,9H2,2H3. The summed E-state index contributed by atoms with van der Waals surface area (Å²) in [6.07, 6.45) is 1.10. The molecule has 1 aliphatic heterocycles. The molecule has 1 aromatic rings. The zero-order valence-corrected chi connectivity index (χ0v) is 9.18. The molecular weight excluding hydrogens is 204 g/mol. The second kappa shape index (κ2) is 4.10. The van der Waals surface area contributed by atoms with Crippen LogP contribution in [-0.4, -0.2) is 18.7 Å². The van der Waals surface area contributed by atoms with Gasteiger partial charge in [-0.1, -0.05) is 36.9 Å². The van der Waals surface area contributed by atoms with Gasteiger partial charge in [0.15, 0.2) is 0 Å². The van der Waals surface area contributed by atoms with Crippen molar-refractivity contribution >= 4 is 5.97 Å². The van der Waals surface area contributed by atoms with E-state index in [1.807, 2.05) is 37.3 Å². The Balaban J connectivity index is 1.94. The number of ether oxygens (including phenoxy) is 2. The Labute approximate surface area is 94.7 Å². The van der Waals surface area contributed by atoms with Gasteiger partial charge in [0.2, 0.25) is 0 Å². The van der Waals surface area contributed by atoms with Gasteiger partial charge in [-0.25, -0.2) is 4.79 Å². The molecule has 1 heterocycles. The Hall–Kier alpha value is -1.61. The molecule has 1 fully saturated rings. The van der Waals surface area contributed by atoms with Crippen molar-refractivity contribution < 1.29 is 14.3 Å². The molecule has 2 rings (SSSR count). The largest absolute Gasteiger partial charge is 0.460 e. The smallest absolute Gasteiger partial charge is 0.330 e. The zero-order chi connectivity index (χ0) is 11.6. The van der Waals surface area contributed by atoms with E-state index in [4.69, 9.17) is 9.47 Å². The lowest BCUT2D eigenvalue weighted by Gasteiger charge is -2.06. The minimum absolute atomic E-state index is 0.0567. The first-order valence-electron chi connectivity index (χ1n) is 5.19. The highest BCUT2D eigenvalue weighted by Crippen LogP contribution is 2.45. The van der Waals surface area contributed by atoms with E-state index >= 15 is 0 Å². The van der Waals surface area contributed by atoms with Crippen LogP contribution in [-0.2, 0) is 19.9 Å². The molecule has 0 amide bonds. The number of carbonyl (C=O) groups is 1. The van der Waals surface area contributed by atoms with Crippen molar-refractivity contribution in [3.05, 3.63) is 48.6 Å². The molecule has 2 atom stereocenters. The first-order valence-corrected chi connectivity index (χ1v) is 5.19. The van der Waals surface area contributed by atoms with Crippen LogP contribution >= 0.6 is 0 Å². The summed E-state index contributed by atoms with van der Waals surface area (Å²) < 4.78 is 10.5. The molecule has 0 aliphatic carbocycles. The van der Waals surface area contributed by atoms with Crippen LogP contribution in [0.25, 0.3) is 0 Å². The predicted molar refractivity (Wildman–Crippen MR) is 59.8 cm³/mol. The van der Waals surface area contributed by atoms with Crippen LogP contribution in [0.3, 0.4) is 0 Å². The number of rotatable bonds is 4. The lowest BCUT2D eigenvalue weighted by Crippen LogP contribution is -2.14. The van der Waals surface area contributed by atoms with Gasteiger partial charge in [0.25, 0.3) is 0 Å². The maximum Gasteiger partial charge on any atom is 0.330 e. The summed E-state index contributed by atoms with van der Waals surface area (Å²) in [6, 6.07) is 9.91. The molecule has 1 aliphatic rings. The van der Waals surface area contributed by atoms with Gasteiger partial charge in [-0.3, -0.25) is 0 Å². The van der Waals surface area contributed by atoms with Crippen molar-refractivity contribution in [2.24, 2.45) is 0 Å². The minimum Gasteiger partial charge on any atom is -0.460 e. The van der Waals surface area contributed by atoms with Crippen LogP contribution in [0.4, 0.5) is 0 Å². The van der Waals surface area contributed by atoms with Gasteiger partial charge in [-0.15, -0.1) is 0 Å². The predicted octanol–water partition coefficient (Wildman–Crippen LogP) is 2.03. The second-order valence-corrected chi connectivity index (χ2v) is 3.91. The van der Waals surface area contributed by atoms with E-state index in [9.17, 15) is 4.79 Å². The van der Waals surface area contributed by atoms with E-state index in [0.717, 1.165) is 11.6 Å². The number of benzene rings is 1. The van der Waals surface area contributed by atoms with Crippen LogP contribution in [0.15, 0.2) is 43.0 Å². The van der Waals surface area contributed by atoms with Gasteiger partial charge >= 0.3 is 5.97 Å². The van der Waals surface area contributed by atoms with Crippen molar-refractivity contribution in [1.29, 1.82) is 0 Å². The van der Waals surface area contributed by atoms with Crippen molar-refractivity contribution in [3.8, 4) is 0 Å². The Bertz CT molecular complexity index is 399. The fraction of sp³-hybridized carbons (Fsp3) is 0.308. The van der Waals surface area contributed by atoms with Gasteiger partial charge in [-0.2, -0.15) is 0 Å². The maximum atomic E-state index is 10.9. The summed E-state index contributed by atoms with van der Waals surface area (Å²) in [6.45, 7) is 5.61. The Morgan fingerprint density at radius 3 is 2.88 bits per heavy atom. The number of epoxide rings is 1. The van der Waals surface area contributed by atoms with E-state index in [0.29, 0.717) is 0 Å². The Kier molecular flexibility index (Phi) is 2.79. The summed E-state index contributed by atoms with van der Waals surface area (Å²) in [4.78, 5) is 10.9. The van der Waals surface area contributed by atoms with E-state index in [1.54, 1.807) is 0 Å². The number of carbonyl (C=O) groups excluding carboxylic acids is 1. The van der Waals surface area contributed by atoms with E-state index < -0.39 is 5.97 Å². The highest BCUT2D eigenvalue weighted by molar-refractivity contribution is 5.81. The first kappa shape index (κ1) is 10.9. The summed E-state index contributed by atoms with van der Waals surface area (Å²) in [5, 5.41) is 0. The van der Waals surface area contributed by atoms with E-state index in [-0.39, 0.29) is 18.3 Å². The van der Waals surface area contributed by atoms with Gasteiger partial charge < -0.3 is 9.47 Å². The van der Waals surface area contributed by atoms with Crippen molar-refractivity contribution in [3.63, 3.8) is 0 Å². The molecule has 2 unspecified atom stereocenters. The van der Waals surface area contributed by atoms with E-state index in [2.05, 4.69) is 6.58 Å². The first-order chi connectivity index (χ1) is 7.66. The molecule has 0 radical (unpaired) electrons. The fourth-order valence-corrected chi connectivity index (χ4v) is 1.69. The van der Waals surface area contributed by atoms with Crippen LogP contribution in [0.1, 0.15) is 12.5 Å². The molecule has 1 saturated heterocycles. The Morgan fingerprint density at radius 1 is 1.56 bits per heavy atom. The molecule has 0 aromatic heterocycles. The van der Waals surface area contributed by atoms with Crippen LogP contribution in [0.2, 0.25) is 0 Å². The van der Waals surface area contributed by atoms with Crippen LogP contribution < -0.4 is 0 Å². The molecule has 0 spiro atoms. The van der Waals surface area contributed by atoms with Crippen molar-refractivity contribution in [2.45, 2.75) is 18.6 Å². The van der Waals surface area contributed by atoms with Crippen LogP contribution in [0, 0.1) is 0 Å². The number of hydrogen-bond donors (Lipinski definition) is 0. The fourth-order valence-electron chi connectivity index (χ4n) is 1.69. The summed E-state index contributed by atoms with van der Waals surface area (Å²) in [7, 11) is 0. The third-order valence-electron chi connectivity index (χ3n) is 2.83. The summed E-state index contributed by atoms with van der Waals surface area (Å²) in [5.41, 5.74) is 0.789. The van der Waals surface area contributed by atoms with Gasteiger partial charge in [-0.05, 0) is 12.5 Å². The SMILES string of the molecule is C=CC(=O)OCC1OC1(C)c1ccccc1. The van der Waals surface area contributed by atoms with Gasteiger partial charge in [0, 0.05) is 6.08 Å². The zero-order valence-electron chi connectivity index (χ0n) is 9.18. The molecule has 0 N–H and O–H groups in total. The molecule has 0 bridgehead atoms. The lowest BCUT2D eigenvalue weighted by molar-refractivity contribution is -0.138. The third kappa shape index (κ3) is 1.99. The normalized spacial score (nSPS) is 27.2. The highest BCUT2D eigenvalue weighted by atomic mass is 16.6. The van der Waals surface area contributed by atoms with Gasteiger partial charge in [0.1, 0.15) is 18.3 Å². The molecule has 3 heteroatoms. The van der Waals surface area contributed by atoms with Crippen molar-refractivity contribution in [1.82, 2.24) is 0 Å². The lowest BCUT2D eigenvalue weighted by atomic mass is 9.98. The van der Waals surface area contributed by atoms with Crippen molar-refractivity contribution in [2.75, 3.05) is 6.61 Å². The quantitative estimate of drug-likeness (QED) is 0.441. The molecular formula is C13H14O3. The summed E-state index contributed by atoms with van der Waals surface area (Å²) in [5.74, 6) is -0.411. The molecule has 84 valence electrons. The molecule has 3 nitrogen and oxygen atoms in total. The van der Waals surface area contributed by atoms with Gasteiger partial charge in [0.05, 0.1) is 0 Å². The molecule has 1 aromatic carbocycles. The van der Waals surface area contributed by atoms with E-state index in [1.165, 1.54) is 0 Å². The highest BCUT2D eigenvalue weighted by Gasteiger charge is 2.54. The third-order valence-corrected chi connectivity index (χ3v) is 2.83. The monoisotopic (exact) mass is 218 g/mol. The number of hydrogen-bond acceptors (Lipinski definition) is 3. The molecule has 0 saturated carbocycles. The summed E-state index contributed by atoms with van der Waals surface area (Å²) >= 11 is 0. The average molecular weight is 218 g/mol. The second-order valence-electron chi connectivity index (χ2n) is 3.91. The molecule has 16 heavy (non-hydrogen) atoms. The number of esters is 1. The minimum atomic E-state index is -0.411. The topological polar surface area (TPSA) is 38.8 Å². The average Bonchev–Trinajstić information content (AvgIpc) is 3.00. The van der Waals surface area contributed by atoms with Crippen LogP contribution in [0.5, 0.6) is 0 Å². The maximum absolute atomic E-state index is 10.9. The Morgan fingerprint density at radius 2 is 2.25 bits per heavy atom.